The molecule has 0 saturated heterocycles. The lowest BCUT2D eigenvalue weighted by Gasteiger charge is -2.17. The van der Waals surface area contributed by atoms with E-state index in [4.69, 9.17) is 11.0 Å². The summed E-state index contributed by atoms with van der Waals surface area (Å²) in [4.78, 5) is 17.1. The second-order valence-corrected chi connectivity index (χ2v) is 4.08. The van der Waals surface area contributed by atoms with E-state index in [1.165, 1.54) is 24.2 Å². The molecule has 0 spiro atoms. The van der Waals surface area contributed by atoms with E-state index < -0.39 is 11.7 Å². The summed E-state index contributed by atoms with van der Waals surface area (Å²) in [5, 5.41) is 8.72. The number of carbonyl (C=O) groups is 1. The Balaban J connectivity index is 2.32. The van der Waals surface area contributed by atoms with Gasteiger partial charge in [-0.15, -0.1) is 0 Å². The molecular weight excluding hydrogens is 259 g/mol. The Morgan fingerprint density at radius 1 is 1.35 bits per heavy atom. The number of hydrogen-bond donors (Lipinski definition) is 1. The summed E-state index contributed by atoms with van der Waals surface area (Å²) in [5.41, 5.74) is 6.22. The molecule has 1 aromatic carbocycles. The van der Waals surface area contributed by atoms with Gasteiger partial charge in [-0.3, -0.25) is 4.79 Å². The molecule has 0 aliphatic heterocycles. The Labute approximate surface area is 115 Å². The molecule has 0 fully saturated rings. The summed E-state index contributed by atoms with van der Waals surface area (Å²) in [5.74, 6) is -1.69. The van der Waals surface area contributed by atoms with Crippen LogP contribution in [0.4, 0.5) is 15.9 Å². The van der Waals surface area contributed by atoms with Crippen LogP contribution in [-0.2, 0) is 0 Å². The molecule has 0 radical (unpaired) electrons. The smallest absolute Gasteiger partial charge is 0.261 e. The van der Waals surface area contributed by atoms with E-state index in [1.807, 2.05) is 6.07 Å². The molecule has 20 heavy (non-hydrogen) atoms. The van der Waals surface area contributed by atoms with E-state index in [-0.39, 0.29) is 11.4 Å². The van der Waals surface area contributed by atoms with E-state index in [9.17, 15) is 9.18 Å². The van der Waals surface area contributed by atoms with Crippen molar-refractivity contribution in [3.63, 3.8) is 0 Å². The highest BCUT2D eigenvalue weighted by Crippen LogP contribution is 2.19. The number of carbonyl (C=O) groups excluding carboxylic acids is 1. The van der Waals surface area contributed by atoms with E-state index in [0.717, 1.165) is 0 Å². The minimum absolute atomic E-state index is 0.149. The van der Waals surface area contributed by atoms with Crippen LogP contribution in [0.5, 0.6) is 0 Å². The van der Waals surface area contributed by atoms with Crippen molar-refractivity contribution in [3.8, 4) is 6.07 Å². The fourth-order valence-corrected chi connectivity index (χ4v) is 1.68. The molecular formula is C14H11FN4O. The van der Waals surface area contributed by atoms with Gasteiger partial charge < -0.3 is 10.6 Å². The van der Waals surface area contributed by atoms with Crippen molar-refractivity contribution in [3.05, 3.63) is 53.5 Å². The highest BCUT2D eigenvalue weighted by molar-refractivity contribution is 6.06. The first kappa shape index (κ1) is 13.5. The normalized spacial score (nSPS) is 9.85. The molecule has 1 amide bonds. The average molecular weight is 270 g/mol. The van der Waals surface area contributed by atoms with Crippen molar-refractivity contribution in [1.29, 1.82) is 5.26 Å². The maximum Gasteiger partial charge on any atom is 0.261 e. The van der Waals surface area contributed by atoms with Gasteiger partial charge in [0.15, 0.2) is 11.6 Å². The van der Waals surface area contributed by atoms with Crippen LogP contribution >= 0.6 is 0 Å². The lowest BCUT2D eigenvalue weighted by molar-refractivity contribution is 0.0989. The zero-order valence-electron chi connectivity index (χ0n) is 10.7. The highest BCUT2D eigenvalue weighted by Gasteiger charge is 2.19. The van der Waals surface area contributed by atoms with Crippen LogP contribution in [0.3, 0.4) is 0 Å². The maximum atomic E-state index is 13.8. The molecule has 100 valence electrons. The summed E-state index contributed by atoms with van der Waals surface area (Å²) >= 11 is 0. The molecule has 2 N–H and O–H groups in total. The van der Waals surface area contributed by atoms with Gasteiger partial charge in [0, 0.05) is 18.9 Å². The van der Waals surface area contributed by atoms with Crippen molar-refractivity contribution in [2.24, 2.45) is 0 Å². The molecule has 0 saturated carbocycles. The van der Waals surface area contributed by atoms with Crippen molar-refractivity contribution < 1.29 is 9.18 Å². The Bertz CT molecular complexity index is 691. The number of nitrogens with two attached hydrogens (primary N) is 1. The second-order valence-electron chi connectivity index (χ2n) is 4.08. The van der Waals surface area contributed by atoms with Crippen LogP contribution < -0.4 is 10.6 Å². The van der Waals surface area contributed by atoms with Gasteiger partial charge in [0.1, 0.15) is 0 Å². The number of anilines is 2. The molecule has 0 atom stereocenters. The van der Waals surface area contributed by atoms with Crippen LogP contribution in [0.15, 0.2) is 36.5 Å². The summed E-state index contributed by atoms with van der Waals surface area (Å²) < 4.78 is 13.8. The second kappa shape index (κ2) is 5.36. The molecule has 0 aliphatic carbocycles. The average Bonchev–Trinajstić information content (AvgIpc) is 2.48. The van der Waals surface area contributed by atoms with Gasteiger partial charge in [-0.05, 0) is 30.3 Å². The number of pyridine rings is 1. The highest BCUT2D eigenvalue weighted by atomic mass is 19.1. The number of nitrogen functional groups attached to an aromatic ring is 1. The van der Waals surface area contributed by atoms with Gasteiger partial charge in [0.2, 0.25) is 0 Å². The Kier molecular flexibility index (Phi) is 3.62. The first-order valence-electron chi connectivity index (χ1n) is 5.72. The van der Waals surface area contributed by atoms with Crippen LogP contribution in [-0.4, -0.2) is 17.9 Å². The molecule has 1 heterocycles. The zero-order chi connectivity index (χ0) is 14.7. The molecule has 5 nitrogen and oxygen atoms in total. The van der Waals surface area contributed by atoms with E-state index in [2.05, 4.69) is 4.98 Å². The van der Waals surface area contributed by atoms with Crippen molar-refractivity contribution >= 4 is 17.4 Å². The van der Waals surface area contributed by atoms with Crippen LogP contribution in [0.1, 0.15) is 15.9 Å². The predicted octanol–water partition coefficient (Wildman–Crippen LogP) is 1.95. The number of nitrogens with zero attached hydrogens (tertiary/aromatic N) is 3. The number of halogens is 1. The van der Waals surface area contributed by atoms with Gasteiger partial charge in [-0.25, -0.2) is 9.37 Å². The molecule has 1 aromatic heterocycles. The number of amides is 1. The summed E-state index contributed by atoms with van der Waals surface area (Å²) in [7, 11) is 1.51. The fourth-order valence-electron chi connectivity index (χ4n) is 1.68. The first-order chi connectivity index (χ1) is 9.54. The predicted molar refractivity (Wildman–Crippen MR) is 72.5 cm³/mol. The van der Waals surface area contributed by atoms with Gasteiger partial charge in [-0.1, -0.05) is 0 Å². The molecule has 6 heteroatoms. The third-order valence-electron chi connectivity index (χ3n) is 2.83. The maximum absolute atomic E-state index is 13.8. The summed E-state index contributed by atoms with van der Waals surface area (Å²) in [6, 6.07) is 9.63. The Hall–Kier alpha value is -2.94. The first-order valence-corrected chi connectivity index (χ1v) is 5.72. The van der Waals surface area contributed by atoms with E-state index in [0.29, 0.717) is 11.3 Å². The molecule has 0 bridgehead atoms. The summed E-state index contributed by atoms with van der Waals surface area (Å²) in [6.45, 7) is 0. The third-order valence-corrected chi connectivity index (χ3v) is 2.83. The lowest BCUT2D eigenvalue weighted by Crippen LogP contribution is -2.27. The minimum atomic E-state index is -0.835. The zero-order valence-corrected chi connectivity index (χ0v) is 10.7. The molecule has 0 aliphatic rings. The fraction of sp³-hybridized carbons (Fsp3) is 0.0714. The molecule has 2 rings (SSSR count). The largest absolute Gasteiger partial charge is 0.381 e. The Morgan fingerprint density at radius 2 is 2.00 bits per heavy atom. The van der Waals surface area contributed by atoms with E-state index in [1.54, 1.807) is 24.3 Å². The third kappa shape index (κ3) is 2.42. The van der Waals surface area contributed by atoms with E-state index >= 15 is 0 Å². The number of hydrogen-bond acceptors (Lipinski definition) is 4. The topological polar surface area (TPSA) is 83.0 Å². The van der Waals surface area contributed by atoms with Crippen LogP contribution in [0.2, 0.25) is 0 Å². The quantitative estimate of drug-likeness (QED) is 0.904. The monoisotopic (exact) mass is 270 g/mol. The standard InChI is InChI=1S/C14H11FN4O/c1-19(10-4-2-9(8-16)3-5-10)14(20)11-6-7-18-13(17)12(11)15/h2-7H,1H3,(H2,17,18). The Morgan fingerprint density at radius 3 is 2.60 bits per heavy atom. The SMILES string of the molecule is CN(C(=O)c1ccnc(N)c1F)c1ccc(C#N)cc1. The van der Waals surface area contributed by atoms with Crippen molar-refractivity contribution in [2.45, 2.75) is 0 Å². The number of rotatable bonds is 2. The van der Waals surface area contributed by atoms with Gasteiger partial charge in [-0.2, -0.15) is 5.26 Å². The number of nitriles is 1. The molecule has 0 unspecified atom stereocenters. The van der Waals surface area contributed by atoms with Crippen molar-refractivity contribution in [1.82, 2.24) is 4.98 Å². The van der Waals surface area contributed by atoms with Crippen LogP contribution in [0, 0.1) is 17.1 Å². The van der Waals surface area contributed by atoms with Crippen LogP contribution in [0.25, 0.3) is 0 Å². The lowest BCUT2D eigenvalue weighted by atomic mass is 10.2. The van der Waals surface area contributed by atoms with Crippen molar-refractivity contribution in [2.75, 3.05) is 17.7 Å². The number of aromatic nitrogens is 1. The van der Waals surface area contributed by atoms with Gasteiger partial charge in [0.05, 0.1) is 17.2 Å². The van der Waals surface area contributed by atoms with Gasteiger partial charge >= 0.3 is 0 Å². The minimum Gasteiger partial charge on any atom is -0.381 e. The summed E-state index contributed by atoms with van der Waals surface area (Å²) in [6.07, 6.45) is 1.28. The van der Waals surface area contributed by atoms with Gasteiger partial charge in [0.25, 0.3) is 5.91 Å². The number of benzene rings is 1. The molecule has 2 aromatic rings.